The van der Waals surface area contributed by atoms with Crippen molar-refractivity contribution in [1.82, 2.24) is 0 Å². The zero-order valence-corrected chi connectivity index (χ0v) is 66.9. The van der Waals surface area contributed by atoms with Crippen molar-refractivity contribution in [2.24, 2.45) is 0 Å². The molecular formula is C85H144O17P2. The average Bonchev–Trinajstić information content (AvgIpc) is 1.21. The van der Waals surface area contributed by atoms with Crippen LogP contribution in [-0.4, -0.2) is 96.7 Å². The molecule has 0 aliphatic carbocycles. The lowest BCUT2D eigenvalue weighted by Gasteiger charge is -2.21. The minimum Gasteiger partial charge on any atom is -0.462 e. The van der Waals surface area contributed by atoms with E-state index in [1.54, 1.807) is 12.2 Å². The first kappa shape index (κ1) is 99.2. The van der Waals surface area contributed by atoms with Crippen LogP contribution in [0.4, 0.5) is 0 Å². The predicted octanol–water partition coefficient (Wildman–Crippen LogP) is 23.7. The SMILES string of the molecule is CC/C=C\C/C=C\C/C=C\C/C=C\C/C=C\CC(=O)OC(COC(=O)CCCCCCCCC/C=C\C/C=C\C/C=C\CC)COP(=O)(O)OCC(O)COP(=O)(O)OCC(COC(=O)CCCCCCCCC/C=C\C/C=C\C/C=C\CC)OC(=O)CCCCCCCCCCCCCCCCC. The zero-order chi connectivity index (χ0) is 76.0. The van der Waals surface area contributed by atoms with Gasteiger partial charge in [0.1, 0.15) is 19.3 Å². The second-order valence-electron chi connectivity index (χ2n) is 26.6. The number of phosphoric ester groups is 2. The number of aliphatic hydroxyl groups is 1. The number of hydrogen-bond acceptors (Lipinski definition) is 15. The Labute approximate surface area is 631 Å². The van der Waals surface area contributed by atoms with E-state index >= 15 is 0 Å². The fraction of sp³-hybridized carbons (Fsp3) is 0.694. The maximum absolute atomic E-state index is 13.1. The Morgan fingerprint density at radius 2 is 0.538 bits per heavy atom. The minimum atomic E-state index is -5.01. The van der Waals surface area contributed by atoms with E-state index in [1.165, 1.54) is 64.2 Å². The number of aliphatic hydroxyl groups excluding tert-OH is 1. The van der Waals surface area contributed by atoms with Gasteiger partial charge in [-0.1, -0.05) is 315 Å². The number of rotatable bonds is 75. The molecule has 19 heteroatoms. The van der Waals surface area contributed by atoms with Gasteiger partial charge in [-0.2, -0.15) is 0 Å². The van der Waals surface area contributed by atoms with Crippen molar-refractivity contribution in [1.29, 1.82) is 0 Å². The van der Waals surface area contributed by atoms with Crippen LogP contribution >= 0.6 is 15.6 Å². The highest BCUT2D eigenvalue weighted by Gasteiger charge is 2.30. The normalized spacial score (nSPS) is 14.6. The van der Waals surface area contributed by atoms with E-state index in [-0.39, 0.29) is 25.7 Å². The van der Waals surface area contributed by atoms with Gasteiger partial charge in [-0.15, -0.1) is 0 Å². The Bertz CT molecular complexity index is 2490. The first-order chi connectivity index (χ1) is 50.7. The van der Waals surface area contributed by atoms with E-state index in [2.05, 4.69) is 137 Å². The van der Waals surface area contributed by atoms with Crippen molar-refractivity contribution in [2.45, 2.75) is 341 Å². The number of allylic oxidation sites excluding steroid dienone is 21. The molecule has 5 atom stereocenters. The highest BCUT2D eigenvalue weighted by molar-refractivity contribution is 7.47. The van der Waals surface area contributed by atoms with Crippen molar-refractivity contribution in [3.63, 3.8) is 0 Å². The number of carbonyl (C=O) groups excluding carboxylic acids is 4. The molecule has 3 N–H and O–H groups in total. The molecule has 0 rings (SSSR count). The number of unbranched alkanes of at least 4 members (excludes halogenated alkanes) is 28. The van der Waals surface area contributed by atoms with Gasteiger partial charge in [0, 0.05) is 19.3 Å². The standard InChI is InChI=1S/C85H144O17P2/c1-5-9-13-17-21-25-29-33-37-39-43-45-49-53-57-61-65-69-82(87)95-75-80(101-84(89)71-67-63-59-55-51-47-41-35-31-27-23-19-15-11-7-3)77-99-103(91,92)97-73-79(86)74-98-104(93,94)100-78-81(102-85(90)72-68-64-60-56-52-48-42-36-32-28-24-20-16-12-8-4)76-96-83(88)70-66-62-58-54-50-46-44-40-38-34-30-26-22-18-14-10-6-2/h9-11,13-15,21-23,25-27,33-35,37-38,41,51,55,63,67,79-81,86H,5-8,12,16-20,24,28-32,36,39-40,42-50,52-54,56-62,64-66,68-78H2,1-4H3,(H,91,92)(H,93,94)/b13-9-,14-10-,15-11-,25-21-,26-22-,27-23-,37-33-,38-34-,41-35-,55-51-,67-63-. The molecule has 0 bridgehead atoms. The fourth-order valence-electron chi connectivity index (χ4n) is 10.6. The largest absolute Gasteiger partial charge is 0.472 e. The molecule has 0 amide bonds. The van der Waals surface area contributed by atoms with Gasteiger partial charge in [-0.25, -0.2) is 9.13 Å². The fourth-order valence-corrected chi connectivity index (χ4v) is 12.2. The summed E-state index contributed by atoms with van der Waals surface area (Å²) in [5, 5.41) is 10.6. The van der Waals surface area contributed by atoms with E-state index < -0.39 is 97.5 Å². The molecule has 0 heterocycles. The molecular weight excluding hydrogens is 1350 g/mol. The lowest BCUT2D eigenvalue weighted by Crippen LogP contribution is -2.30. The molecule has 17 nitrogen and oxygen atoms in total. The number of phosphoric acid groups is 2. The third-order valence-corrected chi connectivity index (χ3v) is 18.6. The van der Waals surface area contributed by atoms with E-state index in [0.717, 1.165) is 180 Å². The van der Waals surface area contributed by atoms with Crippen molar-refractivity contribution >= 4 is 39.5 Å². The van der Waals surface area contributed by atoms with Crippen molar-refractivity contribution in [2.75, 3.05) is 39.6 Å². The number of carbonyl (C=O) groups is 4. The molecule has 0 saturated carbocycles. The molecule has 0 saturated heterocycles. The molecule has 0 aromatic heterocycles. The van der Waals surface area contributed by atoms with Crippen LogP contribution in [0.25, 0.3) is 0 Å². The van der Waals surface area contributed by atoms with Crippen molar-refractivity contribution < 1.29 is 80.2 Å². The van der Waals surface area contributed by atoms with Crippen LogP contribution in [0.1, 0.15) is 323 Å². The summed E-state index contributed by atoms with van der Waals surface area (Å²) in [5.41, 5.74) is 0. The summed E-state index contributed by atoms with van der Waals surface area (Å²) in [7, 11) is -9.99. The van der Waals surface area contributed by atoms with Gasteiger partial charge in [-0.3, -0.25) is 37.3 Å². The van der Waals surface area contributed by atoms with Crippen molar-refractivity contribution in [3.8, 4) is 0 Å². The van der Waals surface area contributed by atoms with Crippen LogP contribution < -0.4 is 0 Å². The molecule has 0 radical (unpaired) electrons. The van der Waals surface area contributed by atoms with Crippen LogP contribution in [0.5, 0.6) is 0 Å². The summed E-state index contributed by atoms with van der Waals surface area (Å²) >= 11 is 0. The minimum absolute atomic E-state index is 0.0914. The van der Waals surface area contributed by atoms with Gasteiger partial charge in [0.25, 0.3) is 0 Å². The monoisotopic (exact) mass is 1500 g/mol. The van der Waals surface area contributed by atoms with Gasteiger partial charge in [0.2, 0.25) is 0 Å². The summed E-state index contributed by atoms with van der Waals surface area (Å²) in [6.07, 6.45) is 86.0. The smallest absolute Gasteiger partial charge is 0.462 e. The number of ether oxygens (including phenoxy) is 4. The highest BCUT2D eigenvalue weighted by atomic mass is 31.2. The molecule has 596 valence electrons. The second-order valence-corrected chi connectivity index (χ2v) is 29.5. The zero-order valence-electron chi connectivity index (χ0n) is 65.2. The third-order valence-electron chi connectivity index (χ3n) is 16.7. The van der Waals surface area contributed by atoms with Gasteiger partial charge in [-0.05, 0) is 116 Å². The van der Waals surface area contributed by atoms with Gasteiger partial charge >= 0.3 is 39.5 Å². The topological polar surface area (TPSA) is 237 Å². The lowest BCUT2D eigenvalue weighted by molar-refractivity contribution is -0.161. The van der Waals surface area contributed by atoms with Crippen LogP contribution in [-0.2, 0) is 65.4 Å². The van der Waals surface area contributed by atoms with E-state index in [0.29, 0.717) is 25.7 Å². The third kappa shape index (κ3) is 75.4. The molecule has 0 aliphatic heterocycles. The van der Waals surface area contributed by atoms with Crippen LogP contribution in [0.3, 0.4) is 0 Å². The molecule has 0 aromatic rings. The lowest BCUT2D eigenvalue weighted by atomic mass is 10.0. The Kier molecular flexibility index (Phi) is 72.9. The Morgan fingerprint density at radius 3 is 0.856 bits per heavy atom. The summed E-state index contributed by atoms with van der Waals surface area (Å²) in [6, 6.07) is 0. The van der Waals surface area contributed by atoms with Gasteiger partial charge in [0.15, 0.2) is 12.2 Å². The number of esters is 4. The second kappa shape index (κ2) is 76.4. The van der Waals surface area contributed by atoms with E-state index in [1.807, 2.05) is 12.2 Å². The van der Waals surface area contributed by atoms with Crippen LogP contribution in [0.2, 0.25) is 0 Å². The summed E-state index contributed by atoms with van der Waals surface area (Å²) in [5.74, 6) is -2.34. The van der Waals surface area contributed by atoms with E-state index in [9.17, 15) is 43.2 Å². The first-order valence-corrected chi connectivity index (χ1v) is 43.4. The first-order valence-electron chi connectivity index (χ1n) is 40.4. The summed E-state index contributed by atoms with van der Waals surface area (Å²) in [4.78, 5) is 73.0. The Balaban J connectivity index is 5.42. The van der Waals surface area contributed by atoms with Crippen LogP contribution in [0, 0.1) is 0 Å². The van der Waals surface area contributed by atoms with Gasteiger partial charge < -0.3 is 33.8 Å². The van der Waals surface area contributed by atoms with Crippen LogP contribution in [0.15, 0.2) is 134 Å². The molecule has 0 aliphatic rings. The molecule has 0 aromatic carbocycles. The number of hydrogen-bond donors (Lipinski definition) is 3. The predicted molar refractivity (Wildman–Crippen MR) is 427 cm³/mol. The Hall–Kier alpha value is -4.80. The summed E-state index contributed by atoms with van der Waals surface area (Å²) in [6.45, 7) is 4.44. The highest BCUT2D eigenvalue weighted by Crippen LogP contribution is 2.45. The van der Waals surface area contributed by atoms with Crippen molar-refractivity contribution in [3.05, 3.63) is 134 Å². The Morgan fingerprint density at radius 1 is 0.288 bits per heavy atom. The average molecular weight is 1500 g/mol. The van der Waals surface area contributed by atoms with Gasteiger partial charge in [0.05, 0.1) is 32.8 Å². The quantitative estimate of drug-likeness (QED) is 0.0169. The summed E-state index contributed by atoms with van der Waals surface area (Å²) < 4.78 is 68.5. The molecule has 104 heavy (non-hydrogen) atoms. The molecule has 0 spiro atoms. The molecule has 0 fully saturated rings. The molecule has 5 unspecified atom stereocenters. The maximum Gasteiger partial charge on any atom is 0.472 e. The maximum atomic E-state index is 13.1. The van der Waals surface area contributed by atoms with E-state index in [4.69, 9.17) is 37.0 Å².